The van der Waals surface area contributed by atoms with Crippen LogP contribution in [-0.2, 0) is 9.53 Å². The summed E-state index contributed by atoms with van der Waals surface area (Å²) in [6.07, 6.45) is -0.188. The van der Waals surface area contributed by atoms with Crippen LogP contribution in [0.2, 0.25) is 0 Å². The molecule has 2 N–H and O–H groups in total. The summed E-state index contributed by atoms with van der Waals surface area (Å²) in [5.41, 5.74) is 0.762. The van der Waals surface area contributed by atoms with E-state index in [1.165, 1.54) is 0 Å². The number of morpholine rings is 1. The van der Waals surface area contributed by atoms with Gasteiger partial charge in [-0.1, -0.05) is 12.1 Å². The van der Waals surface area contributed by atoms with Crippen LogP contribution in [0.15, 0.2) is 28.7 Å². The highest BCUT2D eigenvalue weighted by Crippen LogP contribution is 2.21. The molecule has 1 aliphatic rings. The summed E-state index contributed by atoms with van der Waals surface area (Å²) in [6.45, 7) is 3.49. The topological polar surface area (TPSA) is 61.8 Å². The Kier molecular flexibility index (Phi) is 5.54. The number of rotatable bonds is 4. The average Bonchev–Trinajstić information content (AvgIpc) is 2.40. The lowest BCUT2D eigenvalue weighted by molar-refractivity contribution is -0.124. The second kappa shape index (κ2) is 7.17. The maximum atomic E-state index is 12.1. The maximum absolute atomic E-state index is 12.1. The van der Waals surface area contributed by atoms with Gasteiger partial charge in [0.1, 0.15) is 0 Å². The summed E-state index contributed by atoms with van der Waals surface area (Å²) in [5, 5.41) is 12.0. The van der Waals surface area contributed by atoms with Gasteiger partial charge in [0, 0.05) is 17.6 Å². The number of carbonyl (C=O) groups is 1. The zero-order valence-electron chi connectivity index (χ0n) is 11.4. The van der Waals surface area contributed by atoms with E-state index in [0.29, 0.717) is 19.6 Å². The summed E-state index contributed by atoms with van der Waals surface area (Å²) in [6, 6.07) is 7.50. The third kappa shape index (κ3) is 4.28. The van der Waals surface area contributed by atoms with Gasteiger partial charge in [-0.2, -0.15) is 0 Å². The molecule has 0 bridgehead atoms. The minimum absolute atomic E-state index is 0.0211. The zero-order chi connectivity index (χ0) is 14.5. The number of ether oxygens (including phenoxy) is 1. The van der Waals surface area contributed by atoms with Crippen LogP contribution in [0.25, 0.3) is 0 Å². The number of aliphatic hydroxyl groups excluding tert-OH is 1. The van der Waals surface area contributed by atoms with Crippen molar-refractivity contribution in [3.05, 3.63) is 28.7 Å². The molecule has 0 aliphatic carbocycles. The Morgan fingerprint density at radius 1 is 1.50 bits per heavy atom. The lowest BCUT2D eigenvalue weighted by Gasteiger charge is -2.35. The number of benzene rings is 1. The predicted octanol–water partition coefficient (Wildman–Crippen LogP) is 1.47. The first kappa shape index (κ1) is 15.4. The predicted molar refractivity (Wildman–Crippen MR) is 80.6 cm³/mol. The molecule has 1 amide bonds. The summed E-state index contributed by atoms with van der Waals surface area (Å²) < 4.78 is 6.41. The first-order valence-corrected chi connectivity index (χ1v) is 7.41. The van der Waals surface area contributed by atoms with Gasteiger partial charge in [0.05, 0.1) is 31.0 Å². The molecule has 0 spiro atoms. The molecule has 0 aromatic heterocycles. The largest absolute Gasteiger partial charge is 0.394 e. The van der Waals surface area contributed by atoms with Gasteiger partial charge >= 0.3 is 0 Å². The fourth-order valence-corrected chi connectivity index (χ4v) is 2.71. The fraction of sp³-hybridized carbons (Fsp3) is 0.500. The molecule has 1 aliphatic heterocycles. The van der Waals surface area contributed by atoms with Crippen molar-refractivity contribution in [1.82, 2.24) is 4.90 Å². The van der Waals surface area contributed by atoms with Gasteiger partial charge in [-0.25, -0.2) is 0 Å². The number of nitrogens with one attached hydrogen (secondary N) is 1. The van der Waals surface area contributed by atoms with Crippen molar-refractivity contribution in [2.45, 2.75) is 19.1 Å². The Morgan fingerprint density at radius 2 is 2.25 bits per heavy atom. The first-order chi connectivity index (χ1) is 9.58. The van der Waals surface area contributed by atoms with E-state index in [-0.39, 0.29) is 24.7 Å². The standard InChI is InChI=1S/C14H19BrN2O3/c1-10-6-17(7-11(9-18)20-10)8-14(19)16-13-5-3-2-4-12(13)15/h2-5,10-11,18H,6-9H2,1H3,(H,16,19). The number of hydrogen-bond acceptors (Lipinski definition) is 4. The fourth-order valence-electron chi connectivity index (χ4n) is 2.33. The van der Waals surface area contributed by atoms with Crippen LogP contribution in [0.3, 0.4) is 0 Å². The monoisotopic (exact) mass is 342 g/mol. The van der Waals surface area contributed by atoms with Crippen molar-refractivity contribution < 1.29 is 14.6 Å². The first-order valence-electron chi connectivity index (χ1n) is 6.61. The molecule has 1 saturated heterocycles. The third-order valence-electron chi connectivity index (χ3n) is 3.12. The summed E-state index contributed by atoms with van der Waals surface area (Å²) in [5.74, 6) is -0.0670. The molecule has 1 aromatic rings. The Morgan fingerprint density at radius 3 is 2.95 bits per heavy atom. The highest BCUT2D eigenvalue weighted by atomic mass is 79.9. The van der Waals surface area contributed by atoms with Crippen LogP contribution in [0.5, 0.6) is 0 Å². The number of anilines is 1. The Bertz CT molecular complexity index is 469. The number of para-hydroxylation sites is 1. The second-order valence-electron chi connectivity index (χ2n) is 4.97. The highest BCUT2D eigenvalue weighted by molar-refractivity contribution is 9.10. The number of hydrogen-bond donors (Lipinski definition) is 2. The van der Waals surface area contributed by atoms with Crippen molar-refractivity contribution in [1.29, 1.82) is 0 Å². The van der Waals surface area contributed by atoms with Crippen molar-refractivity contribution in [3.8, 4) is 0 Å². The summed E-state index contributed by atoms with van der Waals surface area (Å²) in [7, 11) is 0. The number of carbonyl (C=O) groups excluding carboxylic acids is 1. The van der Waals surface area contributed by atoms with Crippen molar-refractivity contribution in [3.63, 3.8) is 0 Å². The van der Waals surface area contributed by atoms with Gasteiger partial charge in [-0.3, -0.25) is 9.69 Å². The van der Waals surface area contributed by atoms with Gasteiger partial charge in [0.2, 0.25) is 5.91 Å². The second-order valence-corrected chi connectivity index (χ2v) is 5.83. The van der Waals surface area contributed by atoms with Gasteiger partial charge in [-0.15, -0.1) is 0 Å². The molecule has 0 saturated carbocycles. The minimum Gasteiger partial charge on any atom is -0.394 e. The number of nitrogens with zero attached hydrogens (tertiary/aromatic N) is 1. The van der Waals surface area contributed by atoms with E-state index in [1.807, 2.05) is 36.1 Å². The van der Waals surface area contributed by atoms with Crippen LogP contribution in [-0.4, -0.2) is 54.4 Å². The van der Waals surface area contributed by atoms with E-state index in [9.17, 15) is 9.90 Å². The van der Waals surface area contributed by atoms with Crippen LogP contribution >= 0.6 is 15.9 Å². The molecule has 110 valence electrons. The highest BCUT2D eigenvalue weighted by Gasteiger charge is 2.25. The van der Waals surface area contributed by atoms with Crippen molar-refractivity contribution in [2.24, 2.45) is 0 Å². The van der Waals surface area contributed by atoms with Gasteiger partial charge < -0.3 is 15.2 Å². The van der Waals surface area contributed by atoms with Crippen LogP contribution < -0.4 is 5.32 Å². The van der Waals surface area contributed by atoms with E-state index in [4.69, 9.17) is 4.74 Å². The van der Waals surface area contributed by atoms with Gasteiger partial charge in [0.25, 0.3) is 0 Å². The van der Waals surface area contributed by atoms with Crippen LogP contribution in [0.4, 0.5) is 5.69 Å². The smallest absolute Gasteiger partial charge is 0.238 e. The number of aliphatic hydroxyl groups is 1. The molecular formula is C14H19BrN2O3. The lowest BCUT2D eigenvalue weighted by Crippen LogP contribution is -2.50. The SMILES string of the molecule is CC1CN(CC(=O)Nc2ccccc2Br)CC(CO)O1. The maximum Gasteiger partial charge on any atom is 0.238 e. The lowest BCUT2D eigenvalue weighted by atomic mass is 10.2. The zero-order valence-corrected chi connectivity index (χ0v) is 13.0. The molecule has 2 rings (SSSR count). The van der Waals surface area contributed by atoms with Crippen LogP contribution in [0, 0.1) is 0 Å². The van der Waals surface area contributed by atoms with Gasteiger partial charge in [0.15, 0.2) is 0 Å². The van der Waals surface area contributed by atoms with E-state index < -0.39 is 0 Å². The normalized spacial score (nSPS) is 23.6. The molecule has 2 unspecified atom stereocenters. The number of amides is 1. The molecule has 1 heterocycles. The van der Waals surface area contributed by atoms with Crippen molar-refractivity contribution >= 4 is 27.5 Å². The molecule has 1 aromatic carbocycles. The quantitative estimate of drug-likeness (QED) is 0.869. The molecule has 1 fully saturated rings. The molecule has 0 radical (unpaired) electrons. The Balaban J connectivity index is 1.89. The van der Waals surface area contributed by atoms with E-state index in [0.717, 1.165) is 10.2 Å². The summed E-state index contributed by atoms with van der Waals surface area (Å²) in [4.78, 5) is 14.1. The van der Waals surface area contributed by atoms with E-state index in [2.05, 4.69) is 21.2 Å². The average molecular weight is 343 g/mol. The third-order valence-corrected chi connectivity index (χ3v) is 3.81. The van der Waals surface area contributed by atoms with Crippen molar-refractivity contribution in [2.75, 3.05) is 31.6 Å². The molecule has 2 atom stereocenters. The Hall–Kier alpha value is -0.950. The molecular weight excluding hydrogens is 324 g/mol. The van der Waals surface area contributed by atoms with E-state index >= 15 is 0 Å². The number of halogens is 1. The molecule has 6 heteroatoms. The Labute approximate surface area is 127 Å². The van der Waals surface area contributed by atoms with E-state index in [1.54, 1.807) is 0 Å². The summed E-state index contributed by atoms with van der Waals surface area (Å²) >= 11 is 3.40. The molecule has 5 nitrogen and oxygen atoms in total. The molecule has 20 heavy (non-hydrogen) atoms. The van der Waals surface area contributed by atoms with Gasteiger partial charge in [-0.05, 0) is 35.0 Å². The minimum atomic E-state index is -0.213. The van der Waals surface area contributed by atoms with Crippen LogP contribution in [0.1, 0.15) is 6.92 Å².